The minimum absolute atomic E-state index is 0.248. The zero-order valence-electron chi connectivity index (χ0n) is 18.5. The van der Waals surface area contributed by atoms with Crippen molar-refractivity contribution in [2.24, 2.45) is 0 Å². The van der Waals surface area contributed by atoms with Crippen molar-refractivity contribution in [2.45, 2.75) is 32.6 Å². The lowest BCUT2D eigenvalue weighted by Crippen LogP contribution is -1.92. The van der Waals surface area contributed by atoms with Gasteiger partial charge in [0.05, 0.1) is 5.56 Å². The van der Waals surface area contributed by atoms with Crippen LogP contribution in [0, 0.1) is 24.6 Å². The number of halogens is 1. The van der Waals surface area contributed by atoms with Crippen molar-refractivity contribution in [2.75, 3.05) is 0 Å². The van der Waals surface area contributed by atoms with Gasteiger partial charge in [-0.3, -0.25) is 0 Å². The van der Waals surface area contributed by atoms with E-state index in [4.69, 9.17) is 0 Å². The minimum atomic E-state index is -0.248. The third-order valence-corrected chi connectivity index (χ3v) is 5.77. The summed E-state index contributed by atoms with van der Waals surface area (Å²) >= 11 is 0. The number of benzene rings is 4. The zero-order chi connectivity index (χ0) is 22.3. The topological polar surface area (TPSA) is 0 Å². The number of hydrogen-bond acceptors (Lipinski definition) is 0. The molecule has 4 aromatic carbocycles. The van der Waals surface area contributed by atoms with Gasteiger partial charge in [0.2, 0.25) is 0 Å². The van der Waals surface area contributed by atoms with Crippen LogP contribution in [0.1, 0.15) is 39.8 Å². The second-order valence-corrected chi connectivity index (χ2v) is 8.24. The molecule has 0 saturated carbocycles. The molecule has 0 aliphatic heterocycles. The molecular weight excluding hydrogens is 391 g/mol. The zero-order valence-corrected chi connectivity index (χ0v) is 18.5. The molecule has 0 radical (unpaired) electrons. The molecule has 0 nitrogen and oxygen atoms in total. The van der Waals surface area contributed by atoms with Gasteiger partial charge in [0.15, 0.2) is 0 Å². The fraction of sp³-hybridized carbons (Fsp3) is 0.161. The Bertz CT molecular complexity index is 1280. The van der Waals surface area contributed by atoms with E-state index >= 15 is 0 Å². The standard InChI is InChI=1S/C31H27F/c1-3-4-5-24-7-9-25(10-8-24)11-12-26-13-15-27(16-14-26)17-18-28-19-20-29-22-23(2)6-21-30(29)31(28)32/h3,6-10,13-16,19-22H,1,4-5,11-12H2,2H3. The molecule has 0 aromatic heterocycles. The van der Waals surface area contributed by atoms with Crippen molar-refractivity contribution >= 4 is 10.8 Å². The van der Waals surface area contributed by atoms with Crippen molar-refractivity contribution in [3.05, 3.63) is 131 Å². The lowest BCUT2D eigenvalue weighted by Gasteiger charge is -2.05. The highest BCUT2D eigenvalue weighted by molar-refractivity contribution is 5.85. The lowest BCUT2D eigenvalue weighted by atomic mass is 10.0. The molecule has 0 atom stereocenters. The number of hydrogen-bond donors (Lipinski definition) is 0. The van der Waals surface area contributed by atoms with Crippen LogP contribution in [0.5, 0.6) is 0 Å². The van der Waals surface area contributed by atoms with E-state index in [1.807, 2.05) is 49.4 Å². The van der Waals surface area contributed by atoms with Gasteiger partial charge < -0.3 is 0 Å². The number of fused-ring (bicyclic) bond motifs is 1. The average Bonchev–Trinajstić information content (AvgIpc) is 2.82. The van der Waals surface area contributed by atoms with Crippen LogP contribution in [0.3, 0.4) is 0 Å². The van der Waals surface area contributed by atoms with Gasteiger partial charge in [-0.25, -0.2) is 4.39 Å². The van der Waals surface area contributed by atoms with E-state index in [-0.39, 0.29) is 5.82 Å². The Labute approximate surface area is 190 Å². The Morgan fingerprint density at radius 2 is 1.38 bits per heavy atom. The Morgan fingerprint density at radius 1 is 0.750 bits per heavy atom. The van der Waals surface area contributed by atoms with Gasteiger partial charge >= 0.3 is 0 Å². The van der Waals surface area contributed by atoms with Gasteiger partial charge in [-0.2, -0.15) is 0 Å². The Hall–Kier alpha value is -3.63. The summed E-state index contributed by atoms with van der Waals surface area (Å²) in [6.07, 6.45) is 6.02. The first-order valence-electron chi connectivity index (χ1n) is 11.1. The Kier molecular flexibility index (Phi) is 6.83. The van der Waals surface area contributed by atoms with E-state index in [0.29, 0.717) is 10.9 Å². The van der Waals surface area contributed by atoms with Gasteiger partial charge in [-0.1, -0.05) is 84.1 Å². The van der Waals surface area contributed by atoms with Gasteiger partial charge in [0.25, 0.3) is 0 Å². The summed E-state index contributed by atoms with van der Waals surface area (Å²) in [5, 5.41) is 1.52. The predicted molar refractivity (Wildman–Crippen MR) is 133 cm³/mol. The Morgan fingerprint density at radius 3 is 2.03 bits per heavy atom. The number of aryl methyl sites for hydroxylation is 4. The molecule has 0 saturated heterocycles. The summed E-state index contributed by atoms with van der Waals surface area (Å²) < 4.78 is 14.8. The molecule has 0 N–H and O–H groups in total. The predicted octanol–water partition coefficient (Wildman–Crippen LogP) is 7.59. The van der Waals surface area contributed by atoms with Crippen LogP contribution in [0.25, 0.3) is 10.8 Å². The van der Waals surface area contributed by atoms with E-state index < -0.39 is 0 Å². The molecule has 0 aliphatic rings. The molecule has 0 aliphatic carbocycles. The van der Waals surface area contributed by atoms with Crippen LogP contribution >= 0.6 is 0 Å². The maximum atomic E-state index is 14.8. The number of rotatable bonds is 6. The third-order valence-electron chi connectivity index (χ3n) is 5.77. The summed E-state index contributed by atoms with van der Waals surface area (Å²) in [7, 11) is 0. The molecule has 0 fully saturated rings. The van der Waals surface area contributed by atoms with Crippen molar-refractivity contribution < 1.29 is 4.39 Å². The highest BCUT2D eigenvalue weighted by Gasteiger charge is 2.05. The first-order valence-corrected chi connectivity index (χ1v) is 11.1. The van der Waals surface area contributed by atoms with Crippen LogP contribution in [-0.4, -0.2) is 0 Å². The summed E-state index contributed by atoms with van der Waals surface area (Å²) in [6.45, 7) is 5.79. The van der Waals surface area contributed by atoms with Gasteiger partial charge in [-0.05, 0) is 72.9 Å². The van der Waals surface area contributed by atoms with E-state index in [0.717, 1.165) is 42.2 Å². The minimum Gasteiger partial charge on any atom is -0.205 e. The van der Waals surface area contributed by atoms with E-state index in [1.54, 1.807) is 6.07 Å². The first kappa shape index (κ1) is 21.6. The second kappa shape index (κ2) is 10.1. The SMILES string of the molecule is C=CCCc1ccc(CCc2ccc(C#Cc3ccc4cc(C)ccc4c3F)cc2)cc1. The molecule has 0 amide bonds. The smallest absolute Gasteiger partial charge is 0.146 e. The Balaban J connectivity index is 1.40. The molecule has 158 valence electrons. The molecule has 0 unspecified atom stereocenters. The van der Waals surface area contributed by atoms with Crippen molar-refractivity contribution in [3.63, 3.8) is 0 Å². The van der Waals surface area contributed by atoms with Crippen LogP contribution in [-0.2, 0) is 19.3 Å². The summed E-state index contributed by atoms with van der Waals surface area (Å²) in [6, 6.07) is 26.6. The summed E-state index contributed by atoms with van der Waals surface area (Å²) in [5.41, 5.74) is 6.42. The van der Waals surface area contributed by atoms with Crippen LogP contribution in [0.4, 0.5) is 4.39 Å². The maximum Gasteiger partial charge on any atom is 0.146 e. The molecule has 4 rings (SSSR count). The normalized spacial score (nSPS) is 10.6. The quantitative estimate of drug-likeness (QED) is 0.223. The molecule has 0 bridgehead atoms. The van der Waals surface area contributed by atoms with E-state index in [9.17, 15) is 4.39 Å². The molecule has 32 heavy (non-hydrogen) atoms. The van der Waals surface area contributed by atoms with Gasteiger partial charge in [-0.15, -0.1) is 6.58 Å². The lowest BCUT2D eigenvalue weighted by molar-refractivity contribution is 0.636. The van der Waals surface area contributed by atoms with Crippen LogP contribution in [0.15, 0.2) is 91.5 Å². The number of allylic oxidation sites excluding steroid dienone is 1. The molecular formula is C31H27F. The average molecular weight is 419 g/mol. The monoisotopic (exact) mass is 418 g/mol. The molecule has 0 spiro atoms. The van der Waals surface area contributed by atoms with Gasteiger partial charge in [0, 0.05) is 10.9 Å². The fourth-order valence-electron chi connectivity index (χ4n) is 3.83. The summed E-state index contributed by atoms with van der Waals surface area (Å²) in [5.74, 6) is 5.86. The van der Waals surface area contributed by atoms with Crippen LogP contribution in [0.2, 0.25) is 0 Å². The highest BCUT2D eigenvalue weighted by atomic mass is 19.1. The van der Waals surface area contributed by atoms with Crippen molar-refractivity contribution in [3.8, 4) is 11.8 Å². The highest BCUT2D eigenvalue weighted by Crippen LogP contribution is 2.22. The fourth-order valence-corrected chi connectivity index (χ4v) is 3.83. The van der Waals surface area contributed by atoms with Crippen LogP contribution < -0.4 is 0 Å². The maximum absolute atomic E-state index is 14.8. The second-order valence-electron chi connectivity index (χ2n) is 8.24. The molecule has 1 heteroatoms. The summed E-state index contributed by atoms with van der Waals surface area (Å²) in [4.78, 5) is 0. The molecule has 4 aromatic rings. The van der Waals surface area contributed by atoms with E-state index in [2.05, 4.69) is 54.8 Å². The van der Waals surface area contributed by atoms with E-state index in [1.165, 1.54) is 16.7 Å². The van der Waals surface area contributed by atoms with Crippen molar-refractivity contribution in [1.82, 2.24) is 0 Å². The van der Waals surface area contributed by atoms with Crippen molar-refractivity contribution in [1.29, 1.82) is 0 Å². The largest absolute Gasteiger partial charge is 0.205 e. The van der Waals surface area contributed by atoms with Gasteiger partial charge in [0.1, 0.15) is 5.82 Å². The molecule has 0 heterocycles. The first-order chi connectivity index (χ1) is 15.6. The third kappa shape index (κ3) is 5.34.